The van der Waals surface area contributed by atoms with Crippen molar-refractivity contribution in [2.45, 2.75) is 39.8 Å². The van der Waals surface area contributed by atoms with Gasteiger partial charge in [-0.3, -0.25) is 4.98 Å². The van der Waals surface area contributed by atoms with Crippen molar-refractivity contribution in [3.8, 4) is 5.69 Å². The molecule has 166 valence electrons. The van der Waals surface area contributed by atoms with Crippen LogP contribution in [0.3, 0.4) is 0 Å². The van der Waals surface area contributed by atoms with Crippen LogP contribution in [0.1, 0.15) is 58.9 Å². The van der Waals surface area contributed by atoms with Gasteiger partial charge in [-0.25, -0.2) is 4.79 Å². The number of carboxylic acids is 1. The summed E-state index contributed by atoms with van der Waals surface area (Å²) in [5.74, 6) is -0.492. The van der Waals surface area contributed by atoms with Crippen molar-refractivity contribution in [3.05, 3.63) is 82.9 Å². The van der Waals surface area contributed by atoms with Gasteiger partial charge in [0.25, 0.3) is 0 Å². The number of pyridine rings is 1. The molecule has 2 unspecified atom stereocenters. The van der Waals surface area contributed by atoms with Gasteiger partial charge in [0.05, 0.1) is 23.3 Å². The Morgan fingerprint density at radius 2 is 1.97 bits per heavy atom. The molecule has 3 heterocycles. The molecule has 6 nitrogen and oxygen atoms in total. The largest absolute Gasteiger partial charge is 0.478 e. The van der Waals surface area contributed by atoms with Crippen molar-refractivity contribution in [2.24, 2.45) is 5.92 Å². The van der Waals surface area contributed by atoms with E-state index in [4.69, 9.17) is 12.2 Å². The number of hydrogen-bond acceptors (Lipinski definition) is 3. The fraction of sp³-hybridized carbons (Fsp3) is 0.320. The molecule has 1 aromatic carbocycles. The molecule has 4 rings (SSSR count). The SMILES string of the molecule is Cc1cc(C2C(c3ccccn3)NC(=S)N2CC(C)C)c(C)n1-c1cccc(C(=O)O)c1. The van der Waals surface area contributed by atoms with Crippen molar-refractivity contribution in [2.75, 3.05) is 6.54 Å². The second kappa shape index (κ2) is 8.74. The smallest absolute Gasteiger partial charge is 0.335 e. The first-order valence-corrected chi connectivity index (χ1v) is 11.2. The van der Waals surface area contributed by atoms with Gasteiger partial charge in [-0.2, -0.15) is 0 Å². The monoisotopic (exact) mass is 448 g/mol. The maximum absolute atomic E-state index is 11.5. The summed E-state index contributed by atoms with van der Waals surface area (Å²) < 4.78 is 2.12. The Hall–Kier alpha value is -3.19. The van der Waals surface area contributed by atoms with Crippen molar-refractivity contribution in [3.63, 3.8) is 0 Å². The second-order valence-corrected chi connectivity index (χ2v) is 9.08. The molecular weight excluding hydrogens is 420 g/mol. The fourth-order valence-corrected chi connectivity index (χ4v) is 4.91. The summed E-state index contributed by atoms with van der Waals surface area (Å²) in [6, 6.07) is 15.1. The number of nitrogens with zero attached hydrogens (tertiary/aromatic N) is 3. The van der Waals surface area contributed by atoms with E-state index >= 15 is 0 Å². The lowest BCUT2D eigenvalue weighted by Crippen LogP contribution is -2.33. The van der Waals surface area contributed by atoms with Crippen molar-refractivity contribution < 1.29 is 9.90 Å². The molecule has 2 atom stereocenters. The van der Waals surface area contributed by atoms with Gasteiger partial charge in [-0.05, 0) is 73.9 Å². The van der Waals surface area contributed by atoms with Gasteiger partial charge in [0, 0.05) is 29.8 Å². The number of aromatic carboxylic acids is 1. The predicted octanol–water partition coefficient (Wildman–Crippen LogP) is 4.82. The van der Waals surface area contributed by atoms with Crippen LogP contribution in [0, 0.1) is 19.8 Å². The maximum atomic E-state index is 11.5. The first kappa shape index (κ1) is 22.0. The first-order valence-electron chi connectivity index (χ1n) is 10.8. The zero-order valence-corrected chi connectivity index (χ0v) is 19.6. The van der Waals surface area contributed by atoms with Crippen LogP contribution >= 0.6 is 12.2 Å². The van der Waals surface area contributed by atoms with Crippen molar-refractivity contribution >= 4 is 23.3 Å². The Balaban J connectivity index is 1.84. The normalized spacial score (nSPS) is 18.3. The number of aromatic nitrogens is 2. The summed E-state index contributed by atoms with van der Waals surface area (Å²) in [6.45, 7) is 9.34. The number of benzene rings is 1. The van der Waals surface area contributed by atoms with Gasteiger partial charge < -0.3 is 19.9 Å². The van der Waals surface area contributed by atoms with Crippen LogP contribution in [0.5, 0.6) is 0 Å². The van der Waals surface area contributed by atoms with Gasteiger partial charge >= 0.3 is 5.97 Å². The Labute approximate surface area is 193 Å². The summed E-state index contributed by atoms with van der Waals surface area (Å²) in [7, 11) is 0. The molecule has 32 heavy (non-hydrogen) atoms. The number of aryl methyl sites for hydroxylation is 1. The van der Waals surface area contributed by atoms with E-state index in [0.29, 0.717) is 5.92 Å². The zero-order valence-electron chi connectivity index (χ0n) is 18.7. The lowest BCUT2D eigenvalue weighted by Gasteiger charge is -2.29. The van der Waals surface area contributed by atoms with E-state index in [0.717, 1.165) is 40.0 Å². The number of carbonyl (C=O) groups is 1. The Morgan fingerprint density at radius 3 is 2.62 bits per heavy atom. The van der Waals surface area contributed by atoms with Crippen LogP contribution in [0.25, 0.3) is 5.69 Å². The standard InChI is InChI=1S/C25H28N4O2S/c1-15(2)14-28-23(22(27-25(28)32)21-10-5-6-11-26-21)20-12-16(3)29(17(20)4)19-9-7-8-18(13-19)24(30)31/h5-13,15,22-23H,14H2,1-4H3,(H,27,32)(H,30,31). The molecule has 0 radical (unpaired) electrons. The molecule has 2 N–H and O–H groups in total. The molecule has 1 aliphatic rings. The third-order valence-electron chi connectivity index (χ3n) is 5.90. The fourth-order valence-electron chi connectivity index (χ4n) is 4.60. The number of rotatable bonds is 6. The molecule has 0 aliphatic carbocycles. The lowest BCUT2D eigenvalue weighted by molar-refractivity contribution is 0.0697. The summed E-state index contributed by atoms with van der Waals surface area (Å²) in [5.41, 5.74) is 5.33. The minimum absolute atomic E-state index is 0.0117. The van der Waals surface area contributed by atoms with E-state index in [9.17, 15) is 9.90 Å². The number of thiocarbonyl (C=S) groups is 1. The average molecular weight is 449 g/mol. The Kier molecular flexibility index (Phi) is 6.02. The molecule has 0 saturated carbocycles. The summed E-state index contributed by atoms with van der Waals surface area (Å²) >= 11 is 5.75. The first-order chi connectivity index (χ1) is 15.3. The minimum atomic E-state index is -0.932. The van der Waals surface area contributed by atoms with Crippen molar-refractivity contribution in [1.29, 1.82) is 0 Å². The van der Waals surface area contributed by atoms with E-state index in [-0.39, 0.29) is 17.6 Å². The molecule has 0 bridgehead atoms. The molecule has 0 amide bonds. The third-order valence-corrected chi connectivity index (χ3v) is 6.25. The summed E-state index contributed by atoms with van der Waals surface area (Å²) in [6.07, 6.45) is 1.81. The molecule has 1 aliphatic heterocycles. The van der Waals surface area contributed by atoms with E-state index in [1.807, 2.05) is 37.4 Å². The third kappa shape index (κ3) is 4.00. The lowest BCUT2D eigenvalue weighted by atomic mass is 9.96. The highest BCUT2D eigenvalue weighted by Crippen LogP contribution is 2.41. The van der Waals surface area contributed by atoms with Gasteiger partial charge in [0.1, 0.15) is 0 Å². The van der Waals surface area contributed by atoms with E-state index < -0.39 is 5.97 Å². The highest BCUT2D eigenvalue weighted by molar-refractivity contribution is 7.80. The summed E-state index contributed by atoms with van der Waals surface area (Å²) in [5, 5.41) is 13.7. The zero-order chi connectivity index (χ0) is 23.0. The predicted molar refractivity (Wildman–Crippen MR) is 129 cm³/mol. The maximum Gasteiger partial charge on any atom is 0.335 e. The molecule has 1 saturated heterocycles. The van der Waals surface area contributed by atoms with Crippen LogP contribution in [-0.4, -0.2) is 37.2 Å². The molecule has 0 spiro atoms. The van der Waals surface area contributed by atoms with Gasteiger partial charge in [0.2, 0.25) is 0 Å². The summed E-state index contributed by atoms with van der Waals surface area (Å²) in [4.78, 5) is 18.4. The van der Waals surface area contributed by atoms with Crippen LogP contribution in [0.4, 0.5) is 0 Å². The molecule has 3 aromatic rings. The highest BCUT2D eigenvalue weighted by Gasteiger charge is 2.41. The van der Waals surface area contributed by atoms with E-state index in [1.165, 1.54) is 0 Å². The number of nitrogens with one attached hydrogen (secondary N) is 1. The molecule has 1 fully saturated rings. The second-order valence-electron chi connectivity index (χ2n) is 8.69. The average Bonchev–Trinajstić information content (AvgIpc) is 3.23. The van der Waals surface area contributed by atoms with Crippen LogP contribution < -0.4 is 5.32 Å². The van der Waals surface area contributed by atoms with Gasteiger partial charge in [-0.1, -0.05) is 26.0 Å². The topological polar surface area (TPSA) is 70.4 Å². The Bertz CT molecular complexity index is 1160. The molecule has 7 heteroatoms. The van der Waals surface area contributed by atoms with Crippen molar-refractivity contribution in [1.82, 2.24) is 19.8 Å². The Morgan fingerprint density at radius 1 is 1.19 bits per heavy atom. The number of carboxylic acid groups (broad SMARTS) is 1. The van der Waals surface area contributed by atoms with Crippen LogP contribution in [0.15, 0.2) is 54.7 Å². The minimum Gasteiger partial charge on any atom is -0.478 e. The quantitative estimate of drug-likeness (QED) is 0.527. The van der Waals surface area contributed by atoms with Crippen LogP contribution in [-0.2, 0) is 0 Å². The van der Waals surface area contributed by atoms with E-state index in [2.05, 4.69) is 46.6 Å². The molecular formula is C25H28N4O2S. The number of hydrogen-bond donors (Lipinski definition) is 2. The van der Waals surface area contributed by atoms with Crippen LogP contribution in [0.2, 0.25) is 0 Å². The van der Waals surface area contributed by atoms with E-state index in [1.54, 1.807) is 18.2 Å². The van der Waals surface area contributed by atoms with Gasteiger partial charge in [-0.15, -0.1) is 0 Å². The molecule has 2 aromatic heterocycles. The highest BCUT2D eigenvalue weighted by atomic mass is 32.1. The van der Waals surface area contributed by atoms with Gasteiger partial charge in [0.15, 0.2) is 5.11 Å².